The maximum Gasteiger partial charge on any atom is 0.323 e. The number of halogens is 2. The summed E-state index contributed by atoms with van der Waals surface area (Å²) in [6, 6.07) is 11.2. The van der Waals surface area contributed by atoms with E-state index in [0.717, 1.165) is 10.5 Å². The molecule has 4 amide bonds. The smallest absolute Gasteiger partial charge is 0.323 e. The van der Waals surface area contributed by atoms with Crippen LogP contribution in [0.15, 0.2) is 54.7 Å². The van der Waals surface area contributed by atoms with Gasteiger partial charge >= 0.3 is 12.1 Å². The van der Waals surface area contributed by atoms with Crippen molar-refractivity contribution >= 4 is 46.2 Å². The first kappa shape index (κ1) is 21.6. The highest BCUT2D eigenvalue weighted by atomic mass is 35.5. The Morgan fingerprint density at radius 2 is 1.94 bits per heavy atom. The summed E-state index contributed by atoms with van der Waals surface area (Å²) in [5.74, 6) is -0.593. The molecule has 2 heterocycles. The van der Waals surface area contributed by atoms with Crippen LogP contribution in [-0.4, -0.2) is 46.2 Å². The number of benzene rings is 2. The predicted molar refractivity (Wildman–Crippen MR) is 119 cm³/mol. The van der Waals surface area contributed by atoms with Crippen LogP contribution in [0.3, 0.4) is 0 Å². The van der Waals surface area contributed by atoms with Crippen LogP contribution in [0.4, 0.5) is 19.7 Å². The van der Waals surface area contributed by atoms with Gasteiger partial charge in [-0.15, -0.1) is 0 Å². The molecule has 0 radical (unpaired) electrons. The Bertz CT molecular complexity index is 1200. The molecule has 2 atom stereocenters. The fourth-order valence-electron chi connectivity index (χ4n) is 3.88. The molecule has 32 heavy (non-hydrogen) atoms. The monoisotopic (exact) mass is 457 g/mol. The van der Waals surface area contributed by atoms with Crippen LogP contribution in [0.25, 0.3) is 10.9 Å². The van der Waals surface area contributed by atoms with E-state index in [1.54, 1.807) is 48.5 Å². The molecule has 0 aliphatic carbocycles. The summed E-state index contributed by atoms with van der Waals surface area (Å²) in [4.78, 5) is 38.5. The topological polar surface area (TPSA) is 109 Å². The molecule has 1 aromatic heterocycles. The number of likely N-dealkylation sites (tertiary alicyclic amines) is 1. The number of amides is 4. The molecule has 0 spiro atoms. The minimum Gasteiger partial charge on any atom is -0.351 e. The number of carbonyl (C=O) groups excluding carboxylic acids is 3. The molecule has 10 heteroatoms. The first-order valence-electron chi connectivity index (χ1n) is 9.99. The highest BCUT2D eigenvalue weighted by Gasteiger charge is 2.42. The largest absolute Gasteiger partial charge is 0.351 e. The van der Waals surface area contributed by atoms with Gasteiger partial charge in [-0.1, -0.05) is 41.9 Å². The molecule has 1 saturated heterocycles. The molecule has 1 aliphatic heterocycles. The van der Waals surface area contributed by atoms with Gasteiger partial charge in [0.2, 0.25) is 5.91 Å². The van der Waals surface area contributed by atoms with Crippen molar-refractivity contribution in [1.29, 1.82) is 0 Å². The number of alkyl halides is 1. The lowest BCUT2D eigenvalue weighted by atomic mass is 10.1. The molecule has 4 N–H and O–H groups in total. The molecule has 1 aliphatic rings. The first-order chi connectivity index (χ1) is 15.3. The second-order valence-electron chi connectivity index (χ2n) is 7.49. The predicted octanol–water partition coefficient (Wildman–Crippen LogP) is 3.48. The van der Waals surface area contributed by atoms with Gasteiger partial charge in [0.25, 0.3) is 0 Å². The van der Waals surface area contributed by atoms with Crippen LogP contribution in [0, 0.1) is 0 Å². The van der Waals surface area contributed by atoms with E-state index < -0.39 is 30.2 Å². The lowest BCUT2D eigenvalue weighted by molar-refractivity contribution is -0.126. The average molecular weight is 458 g/mol. The molecule has 8 nitrogen and oxygen atoms in total. The molecule has 4 rings (SSSR count). The van der Waals surface area contributed by atoms with Crippen molar-refractivity contribution in [3.8, 4) is 0 Å². The number of nitrogens with zero attached hydrogens (tertiary/aromatic N) is 2. The van der Waals surface area contributed by atoms with E-state index in [1.807, 2.05) is 0 Å². The lowest BCUT2D eigenvalue weighted by Gasteiger charge is -2.25. The third-order valence-electron chi connectivity index (χ3n) is 5.40. The first-order valence-corrected chi connectivity index (χ1v) is 10.4. The van der Waals surface area contributed by atoms with Gasteiger partial charge in [-0.3, -0.25) is 9.36 Å². The number of nitrogens with one attached hydrogen (secondary N) is 2. The Morgan fingerprint density at radius 3 is 2.69 bits per heavy atom. The Kier molecular flexibility index (Phi) is 6.00. The Morgan fingerprint density at radius 1 is 1.16 bits per heavy atom. The molecule has 1 fully saturated rings. The fraction of sp³-hybridized carbons (Fsp3) is 0.227. The van der Waals surface area contributed by atoms with Gasteiger partial charge in [0.15, 0.2) is 0 Å². The van der Waals surface area contributed by atoms with E-state index in [2.05, 4.69) is 10.6 Å². The number of rotatable bonds is 4. The van der Waals surface area contributed by atoms with Gasteiger partial charge < -0.3 is 21.3 Å². The standard InChI is InChI=1S/C22H21ClFN5O3/c23-14-5-3-4-13(10-14)11-26-20(30)19-16(24)8-9-28(19)22(32)27-17-12-29(21(25)31)18-7-2-1-6-15(17)18/h1-7,10,12,16,19H,8-9,11H2,(H2,25,31)(H,26,30)(H,27,32)/t16-,19-/m0/s1. The quantitative estimate of drug-likeness (QED) is 0.557. The number of carbonyl (C=O) groups is 3. The molecular formula is C22H21ClFN5O3. The summed E-state index contributed by atoms with van der Waals surface area (Å²) in [6.45, 7) is 0.237. The number of primary amides is 1. The maximum absolute atomic E-state index is 14.6. The maximum atomic E-state index is 14.6. The number of aromatic nitrogens is 1. The van der Waals surface area contributed by atoms with E-state index >= 15 is 0 Å². The number of urea groups is 1. The second kappa shape index (κ2) is 8.88. The minimum absolute atomic E-state index is 0.0473. The average Bonchev–Trinajstić information content (AvgIpc) is 3.33. The van der Waals surface area contributed by atoms with Crippen LogP contribution in [0.5, 0.6) is 0 Å². The number of anilines is 1. The number of fused-ring (bicyclic) bond motifs is 1. The van der Waals surface area contributed by atoms with E-state index in [-0.39, 0.29) is 19.5 Å². The summed E-state index contributed by atoms with van der Waals surface area (Å²) in [5.41, 5.74) is 7.03. The molecule has 3 aromatic rings. The summed E-state index contributed by atoms with van der Waals surface area (Å²) >= 11 is 5.95. The summed E-state index contributed by atoms with van der Waals surface area (Å²) in [6.07, 6.45) is -0.0412. The van der Waals surface area contributed by atoms with Crippen molar-refractivity contribution < 1.29 is 18.8 Å². The van der Waals surface area contributed by atoms with Gasteiger partial charge in [-0.05, 0) is 30.2 Å². The van der Waals surface area contributed by atoms with Crippen molar-refractivity contribution in [3.05, 3.63) is 65.3 Å². The minimum atomic E-state index is -1.49. The van der Waals surface area contributed by atoms with Gasteiger partial charge in [0.1, 0.15) is 12.2 Å². The SMILES string of the molecule is NC(=O)n1cc(NC(=O)N2CC[C@H](F)[C@H]2C(=O)NCc2cccc(Cl)c2)c2ccccc21. The molecule has 166 valence electrons. The number of nitrogens with two attached hydrogens (primary N) is 1. The van der Waals surface area contributed by atoms with E-state index in [0.29, 0.717) is 21.6 Å². The van der Waals surface area contributed by atoms with Crippen LogP contribution in [0.1, 0.15) is 12.0 Å². The van der Waals surface area contributed by atoms with Crippen molar-refractivity contribution in [2.45, 2.75) is 25.2 Å². The summed E-state index contributed by atoms with van der Waals surface area (Å²) < 4.78 is 15.8. The van der Waals surface area contributed by atoms with Crippen molar-refractivity contribution in [3.63, 3.8) is 0 Å². The van der Waals surface area contributed by atoms with Crippen LogP contribution < -0.4 is 16.4 Å². The third-order valence-corrected chi connectivity index (χ3v) is 5.64. The fourth-order valence-corrected chi connectivity index (χ4v) is 4.09. The van der Waals surface area contributed by atoms with Crippen LogP contribution in [-0.2, 0) is 11.3 Å². The molecular weight excluding hydrogens is 437 g/mol. The number of para-hydroxylation sites is 1. The van der Waals surface area contributed by atoms with Crippen molar-refractivity contribution in [2.75, 3.05) is 11.9 Å². The summed E-state index contributed by atoms with van der Waals surface area (Å²) in [7, 11) is 0. The zero-order valence-electron chi connectivity index (χ0n) is 16.9. The zero-order chi connectivity index (χ0) is 22.8. The Balaban J connectivity index is 1.50. The van der Waals surface area contributed by atoms with Crippen LogP contribution >= 0.6 is 11.6 Å². The van der Waals surface area contributed by atoms with Crippen molar-refractivity contribution in [2.24, 2.45) is 5.73 Å². The molecule has 0 saturated carbocycles. The highest BCUT2D eigenvalue weighted by Crippen LogP contribution is 2.28. The van der Waals surface area contributed by atoms with Crippen LogP contribution in [0.2, 0.25) is 5.02 Å². The van der Waals surface area contributed by atoms with Gasteiger partial charge in [0.05, 0.1) is 11.2 Å². The third kappa shape index (κ3) is 4.24. The zero-order valence-corrected chi connectivity index (χ0v) is 17.7. The van der Waals surface area contributed by atoms with E-state index in [1.165, 1.54) is 10.8 Å². The lowest BCUT2D eigenvalue weighted by Crippen LogP contribution is -2.50. The molecule has 2 aromatic carbocycles. The van der Waals surface area contributed by atoms with E-state index in [4.69, 9.17) is 17.3 Å². The van der Waals surface area contributed by atoms with E-state index in [9.17, 15) is 18.8 Å². The van der Waals surface area contributed by atoms with Gasteiger partial charge in [-0.25, -0.2) is 14.0 Å². The Labute approximate surface area is 188 Å². The normalized spacial score (nSPS) is 18.0. The van der Waals surface area contributed by atoms with Gasteiger partial charge in [-0.2, -0.15) is 0 Å². The second-order valence-corrected chi connectivity index (χ2v) is 7.93. The van der Waals surface area contributed by atoms with Gasteiger partial charge in [0, 0.05) is 29.7 Å². The number of hydrogen-bond acceptors (Lipinski definition) is 3. The highest BCUT2D eigenvalue weighted by molar-refractivity contribution is 6.30. The number of hydrogen-bond donors (Lipinski definition) is 3. The molecule has 0 unspecified atom stereocenters. The Hall–Kier alpha value is -3.59. The molecule has 0 bridgehead atoms. The summed E-state index contributed by atoms with van der Waals surface area (Å²) in [5, 5.41) is 6.47. The van der Waals surface area contributed by atoms with Crippen molar-refractivity contribution in [1.82, 2.24) is 14.8 Å².